The van der Waals surface area contributed by atoms with E-state index in [2.05, 4.69) is 0 Å². The summed E-state index contributed by atoms with van der Waals surface area (Å²) in [6.07, 6.45) is -1.95. The van der Waals surface area contributed by atoms with Crippen molar-refractivity contribution in [1.29, 1.82) is 0 Å². The van der Waals surface area contributed by atoms with Gasteiger partial charge in [0.1, 0.15) is 6.10 Å². The zero-order valence-electron chi connectivity index (χ0n) is 13.4. The molecule has 3 aromatic rings. The second-order valence-corrected chi connectivity index (χ2v) is 6.01. The van der Waals surface area contributed by atoms with Crippen molar-refractivity contribution >= 4 is 11.6 Å². The van der Waals surface area contributed by atoms with Crippen LogP contribution in [-0.2, 0) is 0 Å². The number of fused-ring (bicyclic) bond motifs is 1. The van der Waals surface area contributed by atoms with E-state index >= 15 is 0 Å². The monoisotopic (exact) mass is 331 g/mol. The van der Waals surface area contributed by atoms with Gasteiger partial charge in [-0.2, -0.15) is 0 Å². The molecule has 3 aromatic carbocycles. The highest BCUT2D eigenvalue weighted by atomic mass is 16.3. The molecule has 1 heterocycles. The molecule has 0 aliphatic carbocycles. The fourth-order valence-corrected chi connectivity index (χ4v) is 3.29. The van der Waals surface area contributed by atoms with Crippen LogP contribution in [0.1, 0.15) is 39.4 Å². The fourth-order valence-electron chi connectivity index (χ4n) is 3.29. The second kappa shape index (κ2) is 6.16. The first-order valence-electron chi connectivity index (χ1n) is 8.11. The van der Waals surface area contributed by atoms with Gasteiger partial charge in [-0.3, -0.25) is 9.69 Å². The van der Waals surface area contributed by atoms with Crippen LogP contribution in [0.5, 0.6) is 0 Å². The van der Waals surface area contributed by atoms with Crippen LogP contribution in [0.25, 0.3) is 0 Å². The van der Waals surface area contributed by atoms with E-state index < -0.39 is 12.3 Å². The molecule has 0 saturated carbocycles. The van der Waals surface area contributed by atoms with Gasteiger partial charge in [-0.15, -0.1) is 0 Å². The quantitative estimate of drug-likeness (QED) is 0.773. The van der Waals surface area contributed by atoms with Crippen LogP contribution in [0.3, 0.4) is 0 Å². The predicted molar refractivity (Wildman–Crippen MR) is 95.2 cm³/mol. The van der Waals surface area contributed by atoms with E-state index in [0.29, 0.717) is 22.4 Å². The van der Waals surface area contributed by atoms with Crippen molar-refractivity contribution in [1.82, 2.24) is 0 Å². The fraction of sp³-hybridized carbons (Fsp3) is 0.0952. The summed E-state index contributed by atoms with van der Waals surface area (Å²) in [5.41, 5.74) is 2.88. The Morgan fingerprint density at radius 2 is 1.48 bits per heavy atom. The number of benzene rings is 3. The minimum atomic E-state index is -1.06. The van der Waals surface area contributed by atoms with Crippen LogP contribution in [0.15, 0.2) is 78.9 Å². The lowest BCUT2D eigenvalue weighted by molar-refractivity contribution is 0.0934. The summed E-state index contributed by atoms with van der Waals surface area (Å²) < 4.78 is 0. The van der Waals surface area contributed by atoms with Gasteiger partial charge in [0.15, 0.2) is 6.23 Å². The lowest BCUT2D eigenvalue weighted by Gasteiger charge is -2.25. The third-order valence-electron chi connectivity index (χ3n) is 4.54. The number of amides is 1. The highest BCUT2D eigenvalue weighted by molar-refractivity contribution is 6.11. The first kappa shape index (κ1) is 15.6. The normalized spacial score (nSPS) is 17.4. The van der Waals surface area contributed by atoms with Crippen molar-refractivity contribution in [3.05, 3.63) is 101 Å². The molecule has 0 bridgehead atoms. The number of aliphatic hydroxyl groups is 2. The largest absolute Gasteiger partial charge is 0.384 e. The van der Waals surface area contributed by atoms with Gasteiger partial charge in [-0.25, -0.2) is 0 Å². The Bertz CT molecular complexity index is 923. The second-order valence-electron chi connectivity index (χ2n) is 6.01. The molecule has 0 spiro atoms. The van der Waals surface area contributed by atoms with Crippen LogP contribution < -0.4 is 4.90 Å². The standard InChI is InChI=1S/C21H17NO3/c23-19(14-8-2-1-3-9-14)17-12-6-7-13-18(17)22-20(24)15-10-4-5-11-16(15)21(22)25/h1-13,19-20,23-24H. The van der Waals surface area contributed by atoms with Crippen LogP contribution >= 0.6 is 0 Å². The van der Waals surface area contributed by atoms with Crippen LogP contribution in [0.4, 0.5) is 5.69 Å². The number of anilines is 1. The lowest BCUT2D eigenvalue weighted by atomic mass is 9.99. The van der Waals surface area contributed by atoms with E-state index in [1.54, 1.807) is 42.5 Å². The van der Waals surface area contributed by atoms with E-state index in [9.17, 15) is 15.0 Å². The molecule has 124 valence electrons. The number of carbonyl (C=O) groups is 1. The molecule has 4 nitrogen and oxygen atoms in total. The number of para-hydroxylation sites is 1. The molecule has 2 N–H and O–H groups in total. The van der Waals surface area contributed by atoms with E-state index in [4.69, 9.17) is 0 Å². The Balaban J connectivity index is 1.79. The summed E-state index contributed by atoms with van der Waals surface area (Å²) >= 11 is 0. The van der Waals surface area contributed by atoms with E-state index in [1.807, 2.05) is 36.4 Å². The van der Waals surface area contributed by atoms with Crippen molar-refractivity contribution in [2.45, 2.75) is 12.3 Å². The van der Waals surface area contributed by atoms with Crippen LogP contribution in [0, 0.1) is 0 Å². The molecule has 2 unspecified atom stereocenters. The minimum Gasteiger partial charge on any atom is -0.384 e. The van der Waals surface area contributed by atoms with Crippen LogP contribution in [-0.4, -0.2) is 16.1 Å². The lowest BCUT2D eigenvalue weighted by Crippen LogP contribution is -2.29. The Hall–Kier alpha value is -2.95. The maximum Gasteiger partial charge on any atom is 0.261 e. The maximum absolute atomic E-state index is 12.8. The van der Waals surface area contributed by atoms with Crippen molar-refractivity contribution in [2.75, 3.05) is 4.90 Å². The van der Waals surface area contributed by atoms with Gasteiger partial charge < -0.3 is 10.2 Å². The summed E-state index contributed by atoms with van der Waals surface area (Å²) in [5, 5.41) is 21.5. The van der Waals surface area contributed by atoms with Crippen molar-refractivity contribution in [3.63, 3.8) is 0 Å². The summed E-state index contributed by atoms with van der Waals surface area (Å²) in [6.45, 7) is 0. The van der Waals surface area contributed by atoms with Gasteiger partial charge in [-0.05, 0) is 17.7 Å². The average molecular weight is 331 g/mol. The van der Waals surface area contributed by atoms with Crippen molar-refractivity contribution < 1.29 is 15.0 Å². The molecular weight excluding hydrogens is 314 g/mol. The molecule has 4 rings (SSSR count). The Kier molecular flexibility index (Phi) is 3.84. The highest BCUT2D eigenvalue weighted by Crippen LogP contribution is 2.39. The van der Waals surface area contributed by atoms with Gasteiger partial charge in [0.05, 0.1) is 5.69 Å². The Labute approximate surface area is 145 Å². The molecule has 1 aliphatic rings. The summed E-state index contributed by atoms with van der Waals surface area (Å²) in [4.78, 5) is 14.1. The summed E-state index contributed by atoms with van der Waals surface area (Å²) in [5.74, 6) is -0.268. The highest BCUT2D eigenvalue weighted by Gasteiger charge is 2.37. The van der Waals surface area contributed by atoms with E-state index in [1.165, 1.54) is 4.90 Å². The zero-order chi connectivity index (χ0) is 17.4. The van der Waals surface area contributed by atoms with E-state index in [-0.39, 0.29) is 5.91 Å². The third kappa shape index (κ3) is 2.52. The average Bonchev–Trinajstić information content (AvgIpc) is 2.93. The summed E-state index contributed by atoms with van der Waals surface area (Å²) in [7, 11) is 0. The molecule has 2 atom stereocenters. The van der Waals surface area contributed by atoms with Gasteiger partial charge in [0.2, 0.25) is 0 Å². The molecule has 0 fully saturated rings. The number of nitrogens with zero attached hydrogens (tertiary/aromatic N) is 1. The van der Waals surface area contributed by atoms with Gasteiger partial charge in [0, 0.05) is 16.7 Å². The first-order chi connectivity index (χ1) is 12.2. The number of hydrogen-bond acceptors (Lipinski definition) is 3. The number of aliphatic hydroxyl groups excluding tert-OH is 2. The Morgan fingerprint density at radius 3 is 2.24 bits per heavy atom. The SMILES string of the molecule is O=C1c2ccccc2C(O)N1c1ccccc1C(O)c1ccccc1. The van der Waals surface area contributed by atoms with Crippen LogP contribution in [0.2, 0.25) is 0 Å². The minimum absolute atomic E-state index is 0.268. The zero-order valence-corrected chi connectivity index (χ0v) is 13.4. The van der Waals surface area contributed by atoms with Gasteiger partial charge in [-0.1, -0.05) is 66.7 Å². The maximum atomic E-state index is 12.8. The molecule has 0 aromatic heterocycles. The number of carbonyl (C=O) groups excluding carboxylic acids is 1. The topological polar surface area (TPSA) is 60.8 Å². The first-order valence-corrected chi connectivity index (χ1v) is 8.11. The Morgan fingerprint density at radius 1 is 0.840 bits per heavy atom. The van der Waals surface area contributed by atoms with Gasteiger partial charge >= 0.3 is 0 Å². The molecule has 0 saturated heterocycles. The molecule has 1 aliphatic heterocycles. The van der Waals surface area contributed by atoms with Gasteiger partial charge in [0.25, 0.3) is 5.91 Å². The van der Waals surface area contributed by atoms with E-state index in [0.717, 1.165) is 5.56 Å². The molecular formula is C21H17NO3. The molecule has 25 heavy (non-hydrogen) atoms. The predicted octanol–water partition coefficient (Wildman–Crippen LogP) is 3.42. The number of hydrogen-bond donors (Lipinski definition) is 2. The smallest absolute Gasteiger partial charge is 0.261 e. The molecule has 0 radical (unpaired) electrons. The molecule has 1 amide bonds. The van der Waals surface area contributed by atoms with Crippen molar-refractivity contribution in [2.24, 2.45) is 0 Å². The van der Waals surface area contributed by atoms with Crippen molar-refractivity contribution in [3.8, 4) is 0 Å². The third-order valence-corrected chi connectivity index (χ3v) is 4.54. The summed E-state index contributed by atoms with van der Waals surface area (Å²) in [6, 6.07) is 23.4. The molecule has 4 heteroatoms. The number of rotatable bonds is 3.